The van der Waals surface area contributed by atoms with Gasteiger partial charge in [-0.25, -0.2) is 15.0 Å². The minimum absolute atomic E-state index is 0.0373. The topological polar surface area (TPSA) is 91.0 Å². The third kappa shape index (κ3) is 4.92. The van der Waals surface area contributed by atoms with Crippen LogP contribution in [0.25, 0.3) is 22.3 Å². The van der Waals surface area contributed by atoms with Crippen molar-refractivity contribution in [3.63, 3.8) is 0 Å². The summed E-state index contributed by atoms with van der Waals surface area (Å²) in [6.45, 7) is 8.93. The number of nitrogens with one attached hydrogen (secondary N) is 3. The number of ether oxygens (including phenoxy) is 1. The van der Waals surface area contributed by atoms with Crippen LogP contribution in [0.3, 0.4) is 0 Å². The summed E-state index contributed by atoms with van der Waals surface area (Å²) in [4.78, 5) is 18.2. The SMILES string of the molecule is CC1COCCN1c1ccc2c(-c3nc(NC4CCC(C)(C)NC4)ncc3C(F)(F)F)c[nH]c2n1. The number of aromatic amines is 1. The van der Waals surface area contributed by atoms with Crippen molar-refractivity contribution in [3.8, 4) is 11.3 Å². The van der Waals surface area contributed by atoms with Crippen molar-refractivity contribution >= 4 is 22.8 Å². The minimum atomic E-state index is -4.59. The molecule has 2 unspecified atom stereocenters. The standard InChI is InChI=1S/C24H30F3N7O/c1-14-13-35-9-8-34(14)19-5-4-16-17(11-28-21(16)32-19)20-18(24(25,26)27)12-29-22(33-20)31-15-6-7-23(2,3)30-10-15/h4-5,11-12,14-15,30H,6-10,13H2,1-3H3,(H,28,32)(H,29,31,33). The van der Waals surface area contributed by atoms with Crippen LogP contribution in [0.15, 0.2) is 24.5 Å². The smallest absolute Gasteiger partial charge is 0.377 e. The lowest BCUT2D eigenvalue weighted by Crippen LogP contribution is -2.50. The fourth-order valence-corrected chi connectivity index (χ4v) is 4.71. The molecule has 0 amide bonds. The van der Waals surface area contributed by atoms with Crippen LogP contribution in [0, 0.1) is 0 Å². The van der Waals surface area contributed by atoms with Crippen molar-refractivity contribution in [2.75, 3.05) is 36.5 Å². The Labute approximate surface area is 201 Å². The van der Waals surface area contributed by atoms with Gasteiger partial charge in [0.1, 0.15) is 17.0 Å². The van der Waals surface area contributed by atoms with E-state index in [0.717, 1.165) is 24.9 Å². The molecule has 2 aliphatic rings. The molecular weight excluding hydrogens is 459 g/mol. The maximum Gasteiger partial charge on any atom is 0.419 e. The van der Waals surface area contributed by atoms with Crippen LogP contribution in [0.2, 0.25) is 0 Å². The van der Waals surface area contributed by atoms with Gasteiger partial charge in [0.2, 0.25) is 5.95 Å². The molecule has 0 aliphatic carbocycles. The molecule has 8 nitrogen and oxygen atoms in total. The summed E-state index contributed by atoms with van der Waals surface area (Å²) in [6.07, 6.45) is -0.378. The number of H-pyrrole nitrogens is 1. The monoisotopic (exact) mass is 489 g/mol. The normalized spacial score (nSPS) is 23.0. The van der Waals surface area contributed by atoms with Gasteiger partial charge in [0.15, 0.2) is 0 Å². The lowest BCUT2D eigenvalue weighted by Gasteiger charge is -2.36. The second kappa shape index (κ2) is 8.94. The highest BCUT2D eigenvalue weighted by Crippen LogP contribution is 2.39. The van der Waals surface area contributed by atoms with E-state index in [0.29, 0.717) is 42.9 Å². The lowest BCUT2D eigenvalue weighted by molar-refractivity contribution is -0.137. The molecule has 0 bridgehead atoms. The van der Waals surface area contributed by atoms with Gasteiger partial charge in [-0.05, 0) is 45.7 Å². The van der Waals surface area contributed by atoms with Gasteiger partial charge in [0.25, 0.3) is 0 Å². The van der Waals surface area contributed by atoms with Crippen molar-refractivity contribution < 1.29 is 17.9 Å². The van der Waals surface area contributed by atoms with Crippen LogP contribution in [0.4, 0.5) is 24.9 Å². The molecule has 2 fully saturated rings. The van der Waals surface area contributed by atoms with Crippen molar-refractivity contribution in [1.29, 1.82) is 0 Å². The van der Waals surface area contributed by atoms with E-state index in [9.17, 15) is 13.2 Å². The molecule has 3 aromatic rings. The summed E-state index contributed by atoms with van der Waals surface area (Å²) < 4.78 is 47.2. The van der Waals surface area contributed by atoms with E-state index < -0.39 is 11.7 Å². The van der Waals surface area contributed by atoms with Gasteiger partial charge in [-0.1, -0.05) is 0 Å². The van der Waals surface area contributed by atoms with E-state index in [1.807, 2.05) is 6.07 Å². The molecule has 11 heteroatoms. The molecule has 35 heavy (non-hydrogen) atoms. The van der Waals surface area contributed by atoms with Crippen molar-refractivity contribution in [3.05, 3.63) is 30.1 Å². The molecule has 3 aromatic heterocycles. The second-order valence-corrected chi connectivity index (χ2v) is 9.98. The first-order chi connectivity index (χ1) is 16.6. The lowest BCUT2D eigenvalue weighted by atomic mass is 9.91. The van der Waals surface area contributed by atoms with Gasteiger partial charge < -0.3 is 25.3 Å². The summed E-state index contributed by atoms with van der Waals surface area (Å²) >= 11 is 0. The number of aromatic nitrogens is 4. The Balaban J connectivity index is 1.48. The zero-order valence-corrected chi connectivity index (χ0v) is 20.0. The molecule has 188 valence electrons. The van der Waals surface area contributed by atoms with Crippen molar-refractivity contribution in [1.82, 2.24) is 25.3 Å². The van der Waals surface area contributed by atoms with E-state index in [2.05, 4.69) is 56.2 Å². The fourth-order valence-electron chi connectivity index (χ4n) is 4.71. The first-order valence-corrected chi connectivity index (χ1v) is 11.9. The predicted molar refractivity (Wildman–Crippen MR) is 128 cm³/mol. The molecule has 2 saturated heterocycles. The number of halogens is 3. The van der Waals surface area contributed by atoms with E-state index in [1.165, 1.54) is 6.20 Å². The number of rotatable bonds is 4. The van der Waals surface area contributed by atoms with Crippen molar-refractivity contribution in [2.24, 2.45) is 0 Å². The Bertz CT molecular complexity index is 1200. The quantitative estimate of drug-likeness (QED) is 0.506. The van der Waals surface area contributed by atoms with E-state index in [4.69, 9.17) is 4.74 Å². The van der Waals surface area contributed by atoms with E-state index in [1.54, 1.807) is 6.07 Å². The number of fused-ring (bicyclic) bond motifs is 1. The largest absolute Gasteiger partial charge is 0.419 e. The minimum Gasteiger partial charge on any atom is -0.377 e. The van der Waals surface area contributed by atoms with Crippen LogP contribution in [-0.2, 0) is 10.9 Å². The molecule has 5 heterocycles. The Hall–Kier alpha value is -2.92. The summed E-state index contributed by atoms with van der Waals surface area (Å²) in [6, 6.07) is 3.84. The highest BCUT2D eigenvalue weighted by atomic mass is 19.4. The third-order valence-corrected chi connectivity index (χ3v) is 6.81. The van der Waals surface area contributed by atoms with Crippen LogP contribution in [0.5, 0.6) is 0 Å². The first-order valence-electron chi connectivity index (χ1n) is 11.9. The summed E-state index contributed by atoms with van der Waals surface area (Å²) in [7, 11) is 0. The Kier molecular flexibility index (Phi) is 6.08. The van der Waals surface area contributed by atoms with Crippen LogP contribution in [-0.4, -0.2) is 63.9 Å². The number of hydrogen-bond acceptors (Lipinski definition) is 7. The summed E-state index contributed by atoms with van der Waals surface area (Å²) in [5, 5.41) is 7.23. The first kappa shape index (κ1) is 23.8. The molecule has 5 rings (SSSR count). The van der Waals surface area contributed by atoms with E-state index >= 15 is 0 Å². The maximum absolute atomic E-state index is 13.9. The number of piperidine rings is 1. The summed E-state index contributed by atoms with van der Waals surface area (Å²) in [5.41, 5.74) is -0.150. The van der Waals surface area contributed by atoms with Gasteiger partial charge in [0, 0.05) is 48.0 Å². The molecule has 2 aliphatic heterocycles. The van der Waals surface area contributed by atoms with Crippen LogP contribution >= 0.6 is 0 Å². The molecule has 2 atom stereocenters. The van der Waals surface area contributed by atoms with E-state index in [-0.39, 0.29) is 29.3 Å². The van der Waals surface area contributed by atoms with Gasteiger partial charge in [-0.2, -0.15) is 13.2 Å². The fraction of sp³-hybridized carbons (Fsp3) is 0.542. The van der Waals surface area contributed by atoms with Gasteiger partial charge in [0.05, 0.1) is 24.9 Å². The number of pyridine rings is 1. The predicted octanol–water partition coefficient (Wildman–Crippen LogP) is 4.21. The summed E-state index contributed by atoms with van der Waals surface area (Å²) in [5.74, 6) is 0.941. The average molecular weight is 490 g/mol. The van der Waals surface area contributed by atoms with Crippen LogP contribution < -0.4 is 15.5 Å². The molecule has 3 N–H and O–H groups in total. The average Bonchev–Trinajstić information content (AvgIpc) is 3.23. The Morgan fingerprint density at radius 3 is 2.77 bits per heavy atom. The van der Waals surface area contributed by atoms with Gasteiger partial charge in [-0.15, -0.1) is 0 Å². The number of alkyl halides is 3. The Morgan fingerprint density at radius 1 is 1.23 bits per heavy atom. The third-order valence-electron chi connectivity index (χ3n) is 6.81. The highest BCUT2D eigenvalue weighted by molar-refractivity contribution is 5.94. The molecule has 0 radical (unpaired) electrons. The number of anilines is 2. The number of morpholine rings is 1. The van der Waals surface area contributed by atoms with Gasteiger partial charge in [-0.3, -0.25) is 0 Å². The maximum atomic E-state index is 13.9. The number of hydrogen-bond donors (Lipinski definition) is 3. The zero-order chi connectivity index (χ0) is 24.8. The number of nitrogens with zero attached hydrogens (tertiary/aromatic N) is 4. The van der Waals surface area contributed by atoms with Crippen molar-refractivity contribution in [2.45, 2.75) is 57.4 Å². The Morgan fingerprint density at radius 2 is 2.06 bits per heavy atom. The molecular formula is C24H30F3N7O. The molecule has 0 spiro atoms. The molecule has 0 aromatic carbocycles. The van der Waals surface area contributed by atoms with Crippen LogP contribution in [0.1, 0.15) is 39.2 Å². The molecule has 0 saturated carbocycles. The second-order valence-electron chi connectivity index (χ2n) is 9.98. The zero-order valence-electron chi connectivity index (χ0n) is 20.0. The van der Waals surface area contributed by atoms with Gasteiger partial charge >= 0.3 is 6.18 Å². The highest BCUT2D eigenvalue weighted by Gasteiger charge is 2.36.